The Labute approximate surface area is 144 Å². The predicted octanol–water partition coefficient (Wildman–Crippen LogP) is 2.84. The molecular weight excluding hydrogens is 304 g/mol. The molecule has 0 unspecified atom stereocenters. The van der Waals surface area contributed by atoms with Crippen molar-refractivity contribution < 1.29 is 15.0 Å². The molecule has 1 aliphatic rings. The number of unbranched alkanes of at least 4 members (excludes halogenated alkanes) is 5. The normalized spacial score (nSPS) is 16.5. The number of nitrogens with zero attached hydrogens (tertiary/aromatic N) is 1. The van der Waals surface area contributed by atoms with E-state index in [1.807, 2.05) is 12.1 Å². The van der Waals surface area contributed by atoms with Gasteiger partial charge < -0.3 is 15.5 Å². The molecule has 0 atom stereocenters. The highest BCUT2D eigenvalue weighted by atomic mass is 16.3. The molecule has 1 heterocycles. The van der Waals surface area contributed by atoms with Crippen LogP contribution >= 0.6 is 0 Å². The smallest absolute Gasteiger partial charge is 0.322 e. The molecule has 1 saturated heterocycles. The zero-order chi connectivity index (χ0) is 17.4. The first-order valence-corrected chi connectivity index (χ1v) is 9.04. The van der Waals surface area contributed by atoms with Gasteiger partial charge >= 0.3 is 6.03 Å². The maximum Gasteiger partial charge on any atom is 0.322 e. The van der Waals surface area contributed by atoms with Crippen molar-refractivity contribution in [3.8, 4) is 0 Å². The predicted molar refractivity (Wildman–Crippen MR) is 96.3 cm³/mol. The highest BCUT2D eigenvalue weighted by Crippen LogP contribution is 2.24. The van der Waals surface area contributed by atoms with Gasteiger partial charge in [-0.1, -0.05) is 51.2 Å². The van der Waals surface area contributed by atoms with Crippen molar-refractivity contribution in [2.75, 3.05) is 24.7 Å². The molecule has 1 aromatic carbocycles. The van der Waals surface area contributed by atoms with Crippen LogP contribution in [0.4, 0.5) is 10.5 Å². The lowest BCUT2D eigenvalue weighted by atomic mass is 10.0. The fraction of sp³-hybridized carbons (Fsp3) is 0.632. The average molecular weight is 334 g/mol. The molecule has 5 nitrogen and oxygen atoms in total. The van der Waals surface area contributed by atoms with Crippen molar-refractivity contribution in [3.63, 3.8) is 0 Å². The third-order valence-electron chi connectivity index (χ3n) is 4.75. The molecule has 0 aromatic heterocycles. The fourth-order valence-corrected chi connectivity index (χ4v) is 3.10. The maximum absolute atomic E-state index is 12.1. The van der Waals surface area contributed by atoms with E-state index in [0.29, 0.717) is 0 Å². The SMILES string of the molecule is CCCCCCCCc1ccc(N2CC(CO)(CO)NC2=O)cc1. The van der Waals surface area contributed by atoms with Gasteiger partial charge in [0.15, 0.2) is 0 Å². The minimum absolute atomic E-state index is 0.273. The lowest BCUT2D eigenvalue weighted by molar-refractivity contribution is 0.117. The van der Waals surface area contributed by atoms with Crippen molar-refractivity contribution in [2.24, 2.45) is 0 Å². The van der Waals surface area contributed by atoms with Crippen LogP contribution in [0.3, 0.4) is 0 Å². The maximum atomic E-state index is 12.1. The first kappa shape index (κ1) is 18.7. The van der Waals surface area contributed by atoms with E-state index in [9.17, 15) is 15.0 Å². The number of aliphatic hydroxyl groups excluding tert-OH is 2. The molecule has 3 N–H and O–H groups in total. The van der Waals surface area contributed by atoms with Crippen molar-refractivity contribution in [1.29, 1.82) is 0 Å². The lowest BCUT2D eigenvalue weighted by Gasteiger charge is -2.23. The van der Waals surface area contributed by atoms with Crippen molar-refractivity contribution in [3.05, 3.63) is 29.8 Å². The molecule has 0 aliphatic carbocycles. The van der Waals surface area contributed by atoms with Gasteiger partial charge in [0.05, 0.1) is 19.8 Å². The fourth-order valence-electron chi connectivity index (χ4n) is 3.10. The number of rotatable bonds is 10. The number of amides is 2. The number of carbonyl (C=O) groups is 1. The molecule has 0 spiro atoms. The lowest BCUT2D eigenvalue weighted by Crippen LogP contribution is -2.50. The molecule has 2 rings (SSSR count). The third-order valence-corrected chi connectivity index (χ3v) is 4.75. The van der Waals surface area contributed by atoms with Gasteiger partial charge in [-0.3, -0.25) is 4.90 Å². The van der Waals surface area contributed by atoms with E-state index in [4.69, 9.17) is 0 Å². The van der Waals surface area contributed by atoms with E-state index in [-0.39, 0.29) is 25.8 Å². The molecule has 24 heavy (non-hydrogen) atoms. The Kier molecular flexibility index (Phi) is 7.06. The first-order chi connectivity index (χ1) is 11.6. The van der Waals surface area contributed by atoms with Crippen LogP contribution in [0.1, 0.15) is 51.0 Å². The van der Waals surface area contributed by atoms with Gasteiger partial charge in [0, 0.05) is 5.69 Å². The van der Waals surface area contributed by atoms with Crippen LogP contribution in [0, 0.1) is 0 Å². The standard InChI is InChI=1S/C19H30N2O3/c1-2-3-4-5-6-7-8-16-9-11-17(12-10-16)21-13-19(14-22,15-23)20-18(21)24/h9-12,22-23H,2-8,13-15H2,1H3,(H,20,24). The van der Waals surface area contributed by atoms with E-state index in [1.165, 1.54) is 44.1 Å². The summed E-state index contributed by atoms with van der Waals surface area (Å²) >= 11 is 0. The summed E-state index contributed by atoms with van der Waals surface area (Å²) < 4.78 is 0. The summed E-state index contributed by atoms with van der Waals surface area (Å²) in [5.41, 5.74) is 1.13. The van der Waals surface area contributed by atoms with Crippen LogP contribution in [-0.2, 0) is 6.42 Å². The minimum Gasteiger partial charge on any atom is -0.394 e. The van der Waals surface area contributed by atoms with Crippen molar-refractivity contribution in [1.82, 2.24) is 5.32 Å². The molecule has 0 saturated carbocycles. The molecule has 1 aromatic rings. The van der Waals surface area contributed by atoms with Gasteiger partial charge in [-0.25, -0.2) is 4.79 Å². The van der Waals surface area contributed by atoms with Gasteiger partial charge in [0.2, 0.25) is 0 Å². The monoisotopic (exact) mass is 334 g/mol. The average Bonchev–Trinajstić information content (AvgIpc) is 2.96. The van der Waals surface area contributed by atoms with Crippen LogP contribution in [0.5, 0.6) is 0 Å². The summed E-state index contributed by atoms with van der Waals surface area (Å²) in [6.45, 7) is 1.95. The van der Waals surface area contributed by atoms with Gasteiger partial charge in [0.1, 0.15) is 5.54 Å². The summed E-state index contributed by atoms with van der Waals surface area (Å²) in [6, 6.07) is 7.73. The number of nitrogens with one attached hydrogen (secondary N) is 1. The Balaban J connectivity index is 1.85. The van der Waals surface area contributed by atoms with Gasteiger partial charge in [-0.15, -0.1) is 0 Å². The number of carbonyl (C=O) groups excluding carboxylic acids is 1. The van der Waals surface area contributed by atoms with Crippen LogP contribution in [0.25, 0.3) is 0 Å². The van der Waals surface area contributed by atoms with Crippen LogP contribution < -0.4 is 10.2 Å². The largest absolute Gasteiger partial charge is 0.394 e. The Morgan fingerprint density at radius 3 is 2.25 bits per heavy atom. The Hall–Kier alpha value is -1.59. The summed E-state index contributed by atoms with van der Waals surface area (Å²) in [7, 11) is 0. The molecule has 0 bridgehead atoms. The highest BCUT2D eigenvalue weighted by Gasteiger charge is 2.42. The van der Waals surface area contributed by atoms with E-state index in [1.54, 1.807) is 4.90 Å². The quantitative estimate of drug-likeness (QED) is 0.576. The highest BCUT2D eigenvalue weighted by molar-refractivity contribution is 5.95. The van der Waals surface area contributed by atoms with Crippen LogP contribution in [0.2, 0.25) is 0 Å². The van der Waals surface area contributed by atoms with Crippen molar-refractivity contribution in [2.45, 2.75) is 57.4 Å². The Morgan fingerprint density at radius 1 is 1.04 bits per heavy atom. The minimum atomic E-state index is -0.950. The van der Waals surface area contributed by atoms with Gasteiger partial charge in [-0.05, 0) is 30.5 Å². The van der Waals surface area contributed by atoms with E-state index in [2.05, 4.69) is 24.4 Å². The molecule has 0 radical (unpaired) electrons. The number of benzene rings is 1. The summed E-state index contributed by atoms with van der Waals surface area (Å²) in [4.78, 5) is 13.7. The number of hydrogen-bond donors (Lipinski definition) is 3. The molecule has 1 aliphatic heterocycles. The zero-order valence-corrected chi connectivity index (χ0v) is 14.6. The summed E-state index contributed by atoms with van der Waals surface area (Å²) in [5, 5.41) is 21.5. The zero-order valence-electron chi connectivity index (χ0n) is 14.6. The number of aliphatic hydroxyl groups is 2. The van der Waals surface area contributed by atoms with Crippen LogP contribution in [0.15, 0.2) is 24.3 Å². The third kappa shape index (κ3) is 4.71. The van der Waals surface area contributed by atoms with Gasteiger partial charge in [0.25, 0.3) is 0 Å². The molecule has 2 amide bonds. The number of urea groups is 1. The molecular formula is C19H30N2O3. The second kappa shape index (κ2) is 9.04. The number of anilines is 1. The Bertz CT molecular complexity index is 512. The summed E-state index contributed by atoms with van der Waals surface area (Å²) in [5.74, 6) is 0. The Morgan fingerprint density at radius 2 is 1.67 bits per heavy atom. The van der Waals surface area contributed by atoms with Gasteiger partial charge in [-0.2, -0.15) is 0 Å². The first-order valence-electron chi connectivity index (χ1n) is 9.04. The second-order valence-corrected chi connectivity index (χ2v) is 6.80. The second-order valence-electron chi connectivity index (χ2n) is 6.80. The molecule has 5 heteroatoms. The van der Waals surface area contributed by atoms with Crippen LogP contribution in [-0.4, -0.2) is 41.5 Å². The molecule has 134 valence electrons. The number of aryl methyl sites for hydroxylation is 1. The van der Waals surface area contributed by atoms with Crippen molar-refractivity contribution >= 4 is 11.7 Å². The topological polar surface area (TPSA) is 72.8 Å². The number of hydrogen-bond acceptors (Lipinski definition) is 3. The van der Waals surface area contributed by atoms with E-state index < -0.39 is 5.54 Å². The van der Waals surface area contributed by atoms with E-state index in [0.717, 1.165) is 12.1 Å². The summed E-state index contributed by atoms with van der Waals surface area (Å²) in [6.07, 6.45) is 8.78. The van der Waals surface area contributed by atoms with E-state index >= 15 is 0 Å². The molecule has 1 fully saturated rings.